The summed E-state index contributed by atoms with van der Waals surface area (Å²) in [6, 6.07) is 17.4. The number of nitrogen functional groups attached to an aromatic ring is 1. The fraction of sp³-hybridized carbons (Fsp3) is 0.484. The van der Waals surface area contributed by atoms with Crippen LogP contribution in [0, 0.1) is 0 Å². The van der Waals surface area contributed by atoms with Crippen molar-refractivity contribution in [2.24, 2.45) is 0 Å². The predicted octanol–water partition coefficient (Wildman–Crippen LogP) is 7.35. The molecule has 0 spiro atoms. The number of imidazole rings is 1. The van der Waals surface area contributed by atoms with Crippen molar-refractivity contribution < 1.29 is 0 Å². The molecule has 2 aromatic carbocycles. The molecular formula is C31H43N5. The summed E-state index contributed by atoms with van der Waals surface area (Å²) in [6.45, 7) is 14.4. The summed E-state index contributed by atoms with van der Waals surface area (Å²) < 4.78 is 2.37. The number of nitrogens with two attached hydrogens (primary N) is 1. The number of fused-ring (bicyclic) bond motifs is 3. The first kappa shape index (κ1) is 26.2. The molecule has 0 aliphatic rings. The first-order valence-corrected chi connectivity index (χ1v) is 13.7. The number of unbranched alkanes of at least 4 members (excludes halogenated alkanes) is 3. The van der Waals surface area contributed by atoms with Crippen molar-refractivity contribution in [2.45, 2.75) is 91.8 Å². The Hall–Kier alpha value is -2.92. The standard InChI is InChI=1S/C31H43N5/c1-6-8-12-20-35(31(3,4)5)21-23-16-18-24(19-17-23)22-36-27(15-9-7-2)34-28-29(36)25-13-10-11-14-26(25)33-30(28)32/h10-11,13-14,16-19H,6-9,12,15,20-22H2,1-5H3,(H2,32,33). The van der Waals surface area contributed by atoms with E-state index in [9.17, 15) is 0 Å². The summed E-state index contributed by atoms with van der Waals surface area (Å²) in [4.78, 5) is 12.2. The van der Waals surface area contributed by atoms with Gasteiger partial charge in [0.15, 0.2) is 5.82 Å². The molecule has 0 saturated heterocycles. The second kappa shape index (κ2) is 11.4. The van der Waals surface area contributed by atoms with Crippen molar-refractivity contribution in [1.29, 1.82) is 0 Å². The summed E-state index contributed by atoms with van der Waals surface area (Å²) in [6.07, 6.45) is 6.98. The van der Waals surface area contributed by atoms with Gasteiger partial charge in [0.2, 0.25) is 0 Å². The van der Waals surface area contributed by atoms with Crippen molar-refractivity contribution in [2.75, 3.05) is 12.3 Å². The quantitative estimate of drug-likeness (QED) is 0.226. The summed E-state index contributed by atoms with van der Waals surface area (Å²) >= 11 is 0. The molecule has 0 amide bonds. The van der Waals surface area contributed by atoms with E-state index in [1.165, 1.54) is 30.4 Å². The third kappa shape index (κ3) is 5.89. The van der Waals surface area contributed by atoms with Gasteiger partial charge in [0, 0.05) is 30.4 Å². The molecule has 2 heterocycles. The molecule has 5 nitrogen and oxygen atoms in total. The van der Waals surface area contributed by atoms with Crippen LogP contribution in [0.2, 0.25) is 0 Å². The van der Waals surface area contributed by atoms with Crippen molar-refractivity contribution in [1.82, 2.24) is 19.4 Å². The lowest BCUT2D eigenvalue weighted by atomic mass is 10.0. The fourth-order valence-corrected chi connectivity index (χ4v) is 4.96. The van der Waals surface area contributed by atoms with Crippen LogP contribution in [-0.2, 0) is 19.5 Å². The molecule has 2 aromatic heterocycles. The monoisotopic (exact) mass is 485 g/mol. The number of nitrogens with zero attached hydrogens (tertiary/aromatic N) is 4. The van der Waals surface area contributed by atoms with Crippen molar-refractivity contribution in [3.05, 3.63) is 65.5 Å². The average Bonchev–Trinajstić information content (AvgIpc) is 3.21. The number of hydrogen-bond acceptors (Lipinski definition) is 4. The molecule has 5 heteroatoms. The number of benzene rings is 2. The minimum atomic E-state index is 0.158. The maximum Gasteiger partial charge on any atom is 0.152 e. The van der Waals surface area contributed by atoms with Crippen molar-refractivity contribution in [3.8, 4) is 0 Å². The lowest BCUT2D eigenvalue weighted by molar-refractivity contribution is 0.125. The third-order valence-corrected chi connectivity index (χ3v) is 7.16. The lowest BCUT2D eigenvalue weighted by Crippen LogP contribution is -2.41. The number of aryl methyl sites for hydroxylation is 1. The van der Waals surface area contributed by atoms with Gasteiger partial charge in [-0.05, 0) is 57.4 Å². The minimum Gasteiger partial charge on any atom is -0.382 e. The topological polar surface area (TPSA) is 60.0 Å². The Bertz CT molecular complexity index is 1280. The third-order valence-electron chi connectivity index (χ3n) is 7.16. The number of pyridine rings is 1. The highest BCUT2D eigenvalue weighted by Crippen LogP contribution is 2.30. The Morgan fingerprint density at radius 1 is 0.861 bits per heavy atom. The summed E-state index contributed by atoms with van der Waals surface area (Å²) in [5.41, 5.74) is 12.0. The number of hydrogen-bond donors (Lipinski definition) is 1. The van der Waals surface area contributed by atoms with Gasteiger partial charge < -0.3 is 10.3 Å². The molecule has 4 aromatic rings. The van der Waals surface area contributed by atoms with E-state index in [1.54, 1.807) is 0 Å². The molecule has 0 bridgehead atoms. The summed E-state index contributed by atoms with van der Waals surface area (Å²) in [5.74, 6) is 1.61. The largest absolute Gasteiger partial charge is 0.382 e. The molecule has 36 heavy (non-hydrogen) atoms. The number of para-hydroxylation sites is 1. The van der Waals surface area contributed by atoms with Crippen LogP contribution in [0.3, 0.4) is 0 Å². The number of aromatic nitrogens is 3. The normalized spacial score (nSPS) is 12.3. The molecule has 4 rings (SSSR count). The van der Waals surface area contributed by atoms with Crippen LogP contribution in [-0.4, -0.2) is 31.5 Å². The van der Waals surface area contributed by atoms with Crippen LogP contribution < -0.4 is 5.73 Å². The van der Waals surface area contributed by atoms with Gasteiger partial charge in [-0.1, -0.05) is 75.6 Å². The molecule has 0 aliphatic heterocycles. The number of anilines is 1. The van der Waals surface area contributed by atoms with Gasteiger partial charge in [-0.3, -0.25) is 4.90 Å². The average molecular weight is 486 g/mol. The van der Waals surface area contributed by atoms with E-state index in [-0.39, 0.29) is 5.54 Å². The summed E-state index contributed by atoms with van der Waals surface area (Å²) in [7, 11) is 0. The second-order valence-corrected chi connectivity index (χ2v) is 11.0. The molecule has 0 saturated carbocycles. The van der Waals surface area contributed by atoms with E-state index in [4.69, 9.17) is 10.7 Å². The second-order valence-electron chi connectivity index (χ2n) is 11.0. The molecular weight excluding hydrogens is 442 g/mol. The minimum absolute atomic E-state index is 0.158. The predicted molar refractivity (Wildman–Crippen MR) is 153 cm³/mol. The van der Waals surface area contributed by atoms with E-state index in [1.807, 2.05) is 12.1 Å². The van der Waals surface area contributed by atoms with E-state index >= 15 is 0 Å². The molecule has 0 fully saturated rings. The first-order chi connectivity index (χ1) is 17.3. The Kier molecular flexibility index (Phi) is 8.30. The highest BCUT2D eigenvalue weighted by Gasteiger charge is 2.21. The maximum absolute atomic E-state index is 6.38. The first-order valence-electron chi connectivity index (χ1n) is 13.7. The van der Waals surface area contributed by atoms with Crippen LogP contribution in [0.1, 0.15) is 83.7 Å². The Labute approximate surface area is 216 Å². The van der Waals surface area contributed by atoms with Gasteiger partial charge in [0.25, 0.3) is 0 Å². The van der Waals surface area contributed by atoms with Crippen LogP contribution in [0.25, 0.3) is 21.9 Å². The highest BCUT2D eigenvalue weighted by molar-refractivity contribution is 6.06. The zero-order valence-electron chi connectivity index (χ0n) is 22.8. The van der Waals surface area contributed by atoms with Crippen LogP contribution in [0.5, 0.6) is 0 Å². The van der Waals surface area contributed by atoms with Gasteiger partial charge in [-0.2, -0.15) is 0 Å². The molecule has 0 unspecified atom stereocenters. The molecule has 0 atom stereocenters. The zero-order valence-corrected chi connectivity index (χ0v) is 22.8. The van der Waals surface area contributed by atoms with Gasteiger partial charge >= 0.3 is 0 Å². The van der Waals surface area contributed by atoms with Gasteiger partial charge in [-0.25, -0.2) is 9.97 Å². The van der Waals surface area contributed by atoms with E-state index in [0.717, 1.165) is 66.7 Å². The van der Waals surface area contributed by atoms with Gasteiger partial charge in [-0.15, -0.1) is 0 Å². The molecule has 0 aliphatic carbocycles. The molecule has 2 N–H and O–H groups in total. The highest BCUT2D eigenvalue weighted by atomic mass is 15.2. The summed E-state index contributed by atoms with van der Waals surface area (Å²) in [5, 5.41) is 1.11. The Morgan fingerprint density at radius 2 is 1.56 bits per heavy atom. The van der Waals surface area contributed by atoms with Crippen LogP contribution >= 0.6 is 0 Å². The van der Waals surface area contributed by atoms with Crippen molar-refractivity contribution >= 4 is 27.8 Å². The van der Waals surface area contributed by atoms with E-state index < -0.39 is 0 Å². The smallest absolute Gasteiger partial charge is 0.152 e. The van der Waals surface area contributed by atoms with Gasteiger partial charge in [0.05, 0.1) is 11.0 Å². The van der Waals surface area contributed by atoms with Crippen LogP contribution in [0.15, 0.2) is 48.5 Å². The van der Waals surface area contributed by atoms with E-state index in [0.29, 0.717) is 5.82 Å². The van der Waals surface area contributed by atoms with Gasteiger partial charge in [0.1, 0.15) is 11.3 Å². The van der Waals surface area contributed by atoms with Crippen LogP contribution in [0.4, 0.5) is 5.82 Å². The van der Waals surface area contributed by atoms with E-state index in [2.05, 4.69) is 85.5 Å². The SMILES string of the molecule is CCCCCN(Cc1ccc(Cn2c(CCCC)nc3c(N)nc4ccccc4c32)cc1)C(C)(C)C. The zero-order chi connectivity index (χ0) is 25.7. The lowest BCUT2D eigenvalue weighted by Gasteiger charge is -2.36. The maximum atomic E-state index is 6.38. The molecule has 0 radical (unpaired) electrons. The molecule has 192 valence electrons. The fourth-order valence-electron chi connectivity index (χ4n) is 4.96. The van der Waals surface area contributed by atoms with Crippen molar-refractivity contribution in [3.63, 3.8) is 0 Å². The Balaban J connectivity index is 1.64. The Morgan fingerprint density at radius 3 is 2.25 bits per heavy atom. The number of rotatable bonds is 11.